The van der Waals surface area contributed by atoms with E-state index in [9.17, 15) is 4.79 Å². The van der Waals surface area contributed by atoms with Gasteiger partial charge in [0.1, 0.15) is 0 Å². The molecule has 0 saturated carbocycles. The third kappa shape index (κ3) is 5.57. The van der Waals surface area contributed by atoms with Gasteiger partial charge >= 0.3 is 0 Å². The second-order valence-corrected chi connectivity index (χ2v) is 5.30. The van der Waals surface area contributed by atoms with E-state index in [2.05, 4.69) is 28.8 Å². The van der Waals surface area contributed by atoms with Crippen molar-refractivity contribution >= 4 is 5.91 Å². The van der Waals surface area contributed by atoms with Crippen molar-refractivity contribution in [2.75, 3.05) is 13.1 Å². The van der Waals surface area contributed by atoms with E-state index in [1.165, 1.54) is 36.8 Å². The lowest BCUT2D eigenvalue weighted by Gasteiger charge is -2.13. The van der Waals surface area contributed by atoms with Crippen LogP contribution in [0.3, 0.4) is 0 Å². The van der Waals surface area contributed by atoms with Gasteiger partial charge in [-0.3, -0.25) is 4.79 Å². The summed E-state index contributed by atoms with van der Waals surface area (Å²) in [4.78, 5) is 11.7. The molecule has 108 valence electrons. The molecule has 0 bridgehead atoms. The number of allylic oxidation sites excluding steroid dienone is 1. The maximum atomic E-state index is 11.7. The fourth-order valence-electron chi connectivity index (χ4n) is 2.47. The number of carbonyl (C=O) groups excluding carboxylic acids is 1. The Hall–Kier alpha value is -1.61. The first-order valence-corrected chi connectivity index (χ1v) is 7.54. The Labute approximate surface area is 121 Å². The molecule has 0 aromatic heterocycles. The largest absolute Gasteiger partial charge is 0.355 e. The molecule has 0 radical (unpaired) electrons. The molecule has 0 heterocycles. The minimum absolute atomic E-state index is 0.0809. The molecule has 0 aliphatic heterocycles. The van der Waals surface area contributed by atoms with Gasteiger partial charge in [0.15, 0.2) is 0 Å². The highest BCUT2D eigenvalue weighted by atomic mass is 16.1. The van der Waals surface area contributed by atoms with Gasteiger partial charge in [-0.2, -0.15) is 0 Å². The maximum Gasteiger partial charge on any atom is 0.233 e. The maximum absolute atomic E-state index is 11.7. The summed E-state index contributed by atoms with van der Waals surface area (Å²) in [7, 11) is 0. The summed E-state index contributed by atoms with van der Waals surface area (Å²) >= 11 is 0. The van der Waals surface area contributed by atoms with Crippen molar-refractivity contribution in [3.8, 4) is 0 Å². The smallest absolute Gasteiger partial charge is 0.233 e. The van der Waals surface area contributed by atoms with Gasteiger partial charge in [0.05, 0.1) is 6.54 Å². The summed E-state index contributed by atoms with van der Waals surface area (Å²) in [6.07, 6.45) is 8.38. The zero-order valence-corrected chi connectivity index (χ0v) is 12.0. The molecule has 2 rings (SSSR count). The van der Waals surface area contributed by atoms with Crippen LogP contribution in [0.2, 0.25) is 0 Å². The van der Waals surface area contributed by atoms with Crippen LogP contribution in [0.25, 0.3) is 0 Å². The van der Waals surface area contributed by atoms with Gasteiger partial charge in [0, 0.05) is 13.1 Å². The Morgan fingerprint density at radius 3 is 2.75 bits per heavy atom. The van der Waals surface area contributed by atoms with E-state index in [1.54, 1.807) is 0 Å². The van der Waals surface area contributed by atoms with Gasteiger partial charge in [-0.25, -0.2) is 0 Å². The summed E-state index contributed by atoms with van der Waals surface area (Å²) in [5, 5.41) is 6.14. The third-order valence-electron chi connectivity index (χ3n) is 3.61. The van der Waals surface area contributed by atoms with Gasteiger partial charge in [-0.15, -0.1) is 0 Å². The normalized spacial score (nSPS) is 14.7. The molecule has 3 nitrogen and oxygen atoms in total. The Morgan fingerprint density at radius 1 is 1.15 bits per heavy atom. The minimum Gasteiger partial charge on any atom is -0.355 e. The summed E-state index contributed by atoms with van der Waals surface area (Å²) in [6.45, 7) is 1.88. The van der Waals surface area contributed by atoms with Crippen LogP contribution in [0.1, 0.15) is 37.7 Å². The quantitative estimate of drug-likeness (QED) is 0.749. The fourth-order valence-corrected chi connectivity index (χ4v) is 2.47. The number of rotatable bonds is 7. The molecule has 2 N–H and O–H groups in total. The molecule has 20 heavy (non-hydrogen) atoms. The van der Waals surface area contributed by atoms with E-state index in [1.807, 2.05) is 18.2 Å². The summed E-state index contributed by atoms with van der Waals surface area (Å²) in [5.41, 5.74) is 2.71. The molecule has 1 aliphatic carbocycles. The summed E-state index contributed by atoms with van der Waals surface area (Å²) < 4.78 is 0. The Bertz CT molecular complexity index is 440. The Kier molecular flexibility index (Phi) is 6.32. The van der Waals surface area contributed by atoms with E-state index in [0.717, 1.165) is 19.5 Å². The van der Waals surface area contributed by atoms with E-state index < -0.39 is 0 Å². The van der Waals surface area contributed by atoms with Gasteiger partial charge in [0.25, 0.3) is 0 Å². The average molecular weight is 272 g/mol. The molecule has 1 aliphatic rings. The van der Waals surface area contributed by atoms with Crippen LogP contribution in [0, 0.1) is 0 Å². The molecule has 0 unspecified atom stereocenters. The van der Waals surface area contributed by atoms with Crippen molar-refractivity contribution in [3.05, 3.63) is 47.5 Å². The van der Waals surface area contributed by atoms with Crippen LogP contribution in [-0.2, 0) is 11.3 Å². The van der Waals surface area contributed by atoms with Gasteiger partial charge in [-0.05, 0) is 37.7 Å². The second kappa shape index (κ2) is 8.54. The van der Waals surface area contributed by atoms with E-state index in [4.69, 9.17) is 0 Å². The molecule has 3 heteroatoms. The zero-order valence-electron chi connectivity index (χ0n) is 12.0. The van der Waals surface area contributed by atoms with Crippen LogP contribution < -0.4 is 10.6 Å². The van der Waals surface area contributed by atoms with Crippen molar-refractivity contribution in [1.29, 1.82) is 0 Å². The first-order valence-electron chi connectivity index (χ1n) is 7.54. The van der Waals surface area contributed by atoms with E-state index in [0.29, 0.717) is 6.54 Å². The predicted octanol–water partition coefficient (Wildman–Crippen LogP) is 2.78. The topological polar surface area (TPSA) is 41.1 Å². The average Bonchev–Trinajstić information content (AvgIpc) is 2.49. The second-order valence-electron chi connectivity index (χ2n) is 5.30. The van der Waals surface area contributed by atoms with Gasteiger partial charge in [-0.1, -0.05) is 42.0 Å². The van der Waals surface area contributed by atoms with E-state index in [-0.39, 0.29) is 5.91 Å². The highest BCUT2D eigenvalue weighted by Gasteiger charge is 2.04. The highest BCUT2D eigenvalue weighted by Crippen LogP contribution is 2.19. The van der Waals surface area contributed by atoms with Gasteiger partial charge in [0.2, 0.25) is 5.91 Å². The zero-order chi connectivity index (χ0) is 14.0. The van der Waals surface area contributed by atoms with Crippen LogP contribution in [0.5, 0.6) is 0 Å². The highest BCUT2D eigenvalue weighted by molar-refractivity contribution is 5.77. The molecular formula is C17H24N2O. The van der Waals surface area contributed by atoms with E-state index >= 15 is 0 Å². The molecule has 0 fully saturated rings. The summed E-state index contributed by atoms with van der Waals surface area (Å²) in [5.74, 6) is 0.0809. The first kappa shape index (κ1) is 14.8. The lowest BCUT2D eigenvalue weighted by molar-refractivity contribution is -0.120. The Balaban J connectivity index is 1.55. The predicted molar refractivity (Wildman–Crippen MR) is 82.3 cm³/mol. The molecular weight excluding hydrogens is 248 g/mol. The van der Waals surface area contributed by atoms with Crippen molar-refractivity contribution in [3.63, 3.8) is 0 Å². The first-order chi connectivity index (χ1) is 9.84. The van der Waals surface area contributed by atoms with Crippen LogP contribution in [-0.4, -0.2) is 19.0 Å². The van der Waals surface area contributed by atoms with Crippen molar-refractivity contribution < 1.29 is 4.79 Å². The molecule has 1 aromatic rings. The fraction of sp³-hybridized carbons (Fsp3) is 0.471. The molecule has 1 aromatic carbocycles. The summed E-state index contributed by atoms with van der Waals surface area (Å²) in [6, 6.07) is 10.1. The van der Waals surface area contributed by atoms with Crippen LogP contribution in [0.15, 0.2) is 42.0 Å². The molecule has 1 amide bonds. The standard InChI is InChI=1S/C17H24N2O/c20-17(14-18-13-16-9-5-2-6-10-16)19-12-11-15-7-3-1-4-8-15/h2,5-7,9-10,18H,1,3-4,8,11-14H2,(H,19,20). The number of hydrogen-bond acceptors (Lipinski definition) is 2. The SMILES string of the molecule is O=C(CNCc1ccccc1)NCCC1=CCCCC1. The number of nitrogens with one attached hydrogen (secondary N) is 2. The number of benzene rings is 1. The lowest BCUT2D eigenvalue weighted by Crippen LogP contribution is -2.34. The molecule has 0 spiro atoms. The van der Waals surface area contributed by atoms with Crippen molar-refractivity contribution in [1.82, 2.24) is 10.6 Å². The number of carbonyl (C=O) groups is 1. The van der Waals surface area contributed by atoms with Crippen molar-refractivity contribution in [2.24, 2.45) is 0 Å². The number of amides is 1. The Morgan fingerprint density at radius 2 is 2.00 bits per heavy atom. The minimum atomic E-state index is 0.0809. The van der Waals surface area contributed by atoms with Crippen LogP contribution in [0.4, 0.5) is 0 Å². The lowest BCUT2D eigenvalue weighted by atomic mass is 9.97. The van der Waals surface area contributed by atoms with Crippen molar-refractivity contribution in [2.45, 2.75) is 38.6 Å². The number of hydrogen-bond donors (Lipinski definition) is 2. The van der Waals surface area contributed by atoms with Gasteiger partial charge < -0.3 is 10.6 Å². The van der Waals surface area contributed by atoms with Crippen LogP contribution >= 0.6 is 0 Å². The monoisotopic (exact) mass is 272 g/mol. The molecule has 0 atom stereocenters. The molecule has 0 saturated heterocycles. The third-order valence-corrected chi connectivity index (χ3v) is 3.61.